The lowest BCUT2D eigenvalue weighted by atomic mass is 10.1. The summed E-state index contributed by atoms with van der Waals surface area (Å²) in [4.78, 5) is 28.6. The fourth-order valence-corrected chi connectivity index (χ4v) is 3.82. The lowest BCUT2D eigenvalue weighted by molar-refractivity contribution is -0.117. The molecule has 2 saturated carbocycles. The third-order valence-corrected chi connectivity index (χ3v) is 5.70. The highest BCUT2D eigenvalue weighted by molar-refractivity contribution is 6.40. The summed E-state index contributed by atoms with van der Waals surface area (Å²) in [7, 11) is 0. The molecule has 158 valence electrons. The predicted octanol–water partition coefficient (Wildman–Crippen LogP) is 4.44. The molecule has 0 bridgehead atoms. The molecular formula is C21H21Cl2FN4O2. The first-order valence-corrected chi connectivity index (χ1v) is 10.6. The van der Waals surface area contributed by atoms with Crippen molar-refractivity contribution < 1.29 is 14.0 Å². The summed E-state index contributed by atoms with van der Waals surface area (Å²) in [5.41, 5.74) is 1.48. The normalized spacial score (nSPS) is 20.0. The van der Waals surface area contributed by atoms with Crippen molar-refractivity contribution in [2.24, 2.45) is 11.8 Å². The van der Waals surface area contributed by atoms with Gasteiger partial charge in [-0.3, -0.25) is 9.59 Å². The number of halogens is 3. The molecule has 2 aliphatic rings. The first-order chi connectivity index (χ1) is 14.4. The lowest BCUT2D eigenvalue weighted by Crippen LogP contribution is -2.18. The van der Waals surface area contributed by atoms with Gasteiger partial charge < -0.3 is 16.0 Å². The minimum atomic E-state index is -1.09. The number of amides is 2. The molecule has 1 aromatic carbocycles. The Kier molecular flexibility index (Phi) is 6.22. The van der Waals surface area contributed by atoms with Crippen LogP contribution in [0.2, 0.25) is 10.0 Å². The molecule has 0 radical (unpaired) electrons. The molecule has 2 atom stereocenters. The smallest absolute Gasteiger partial charge is 0.258 e. The molecule has 2 aliphatic carbocycles. The van der Waals surface area contributed by atoms with Crippen molar-refractivity contribution in [2.45, 2.75) is 32.0 Å². The molecule has 1 heterocycles. The maximum absolute atomic E-state index is 13.0. The number of rotatable bonds is 8. The first kappa shape index (κ1) is 21.0. The molecule has 30 heavy (non-hydrogen) atoms. The van der Waals surface area contributed by atoms with Gasteiger partial charge in [-0.25, -0.2) is 9.37 Å². The van der Waals surface area contributed by atoms with Gasteiger partial charge in [-0.05, 0) is 55.5 Å². The zero-order valence-corrected chi connectivity index (χ0v) is 17.6. The average Bonchev–Trinajstić information content (AvgIpc) is 3.59. The minimum Gasteiger partial charge on any atom is -0.322 e. The highest BCUT2D eigenvalue weighted by Crippen LogP contribution is 2.34. The number of anilines is 2. The van der Waals surface area contributed by atoms with Crippen LogP contribution in [0.25, 0.3) is 0 Å². The fraction of sp³-hybridized carbons (Fsp3) is 0.381. The van der Waals surface area contributed by atoms with Crippen LogP contribution in [0.15, 0.2) is 30.5 Å². The van der Waals surface area contributed by atoms with Gasteiger partial charge in [0.05, 0.1) is 21.5 Å². The highest BCUT2D eigenvalue weighted by atomic mass is 35.5. The summed E-state index contributed by atoms with van der Waals surface area (Å²) in [5.74, 6) is -0.530. The Morgan fingerprint density at radius 1 is 1.13 bits per heavy atom. The van der Waals surface area contributed by atoms with Crippen LogP contribution >= 0.6 is 23.2 Å². The Morgan fingerprint density at radius 2 is 1.83 bits per heavy atom. The van der Waals surface area contributed by atoms with Gasteiger partial charge in [0, 0.05) is 24.5 Å². The molecular weight excluding hydrogens is 430 g/mol. The van der Waals surface area contributed by atoms with E-state index in [2.05, 4.69) is 20.9 Å². The van der Waals surface area contributed by atoms with Gasteiger partial charge in [-0.1, -0.05) is 23.2 Å². The zero-order valence-electron chi connectivity index (χ0n) is 16.1. The number of nitrogens with zero attached hydrogens (tertiary/aromatic N) is 1. The maximum atomic E-state index is 13.0. The third-order valence-electron chi connectivity index (χ3n) is 5.11. The topological polar surface area (TPSA) is 83.1 Å². The average molecular weight is 451 g/mol. The number of carbonyl (C=O) groups excluding carboxylic acids is 2. The SMILES string of the molecule is O=C(Nc1ccnc(NC(=O)[C@@H]2C[C@@H]2F)c1)c1c(Cl)cc(CNCC2CC2)cc1Cl. The fourth-order valence-electron chi connectivity index (χ4n) is 3.11. The van der Waals surface area contributed by atoms with Crippen molar-refractivity contribution in [1.82, 2.24) is 10.3 Å². The van der Waals surface area contributed by atoms with Crippen LogP contribution in [0, 0.1) is 11.8 Å². The van der Waals surface area contributed by atoms with Gasteiger partial charge in [0.25, 0.3) is 5.91 Å². The van der Waals surface area contributed by atoms with Crippen molar-refractivity contribution in [1.29, 1.82) is 0 Å². The molecule has 2 fully saturated rings. The molecule has 2 amide bonds. The Hall–Kier alpha value is -2.22. The Bertz CT molecular complexity index is 960. The Labute approximate surface area is 183 Å². The summed E-state index contributed by atoms with van der Waals surface area (Å²) in [6.07, 6.45) is 3.11. The largest absolute Gasteiger partial charge is 0.322 e. The van der Waals surface area contributed by atoms with Crippen LogP contribution < -0.4 is 16.0 Å². The monoisotopic (exact) mass is 450 g/mol. The first-order valence-electron chi connectivity index (χ1n) is 9.81. The molecule has 0 saturated heterocycles. The van der Waals surface area contributed by atoms with Crippen molar-refractivity contribution in [2.75, 3.05) is 17.2 Å². The second-order valence-electron chi connectivity index (χ2n) is 7.74. The van der Waals surface area contributed by atoms with E-state index in [1.807, 2.05) is 0 Å². The number of aromatic nitrogens is 1. The molecule has 0 unspecified atom stereocenters. The molecule has 1 aromatic heterocycles. The molecule has 4 rings (SSSR count). The van der Waals surface area contributed by atoms with Crippen LogP contribution in [-0.4, -0.2) is 29.5 Å². The zero-order chi connectivity index (χ0) is 21.3. The van der Waals surface area contributed by atoms with Gasteiger partial charge in [-0.2, -0.15) is 0 Å². The van der Waals surface area contributed by atoms with E-state index in [-0.39, 0.29) is 27.8 Å². The number of hydrogen-bond acceptors (Lipinski definition) is 4. The van der Waals surface area contributed by atoms with Gasteiger partial charge in [0.15, 0.2) is 0 Å². The second-order valence-corrected chi connectivity index (χ2v) is 8.55. The number of alkyl halides is 1. The summed E-state index contributed by atoms with van der Waals surface area (Å²) < 4.78 is 13.0. The van der Waals surface area contributed by atoms with Crippen LogP contribution in [0.1, 0.15) is 35.2 Å². The lowest BCUT2D eigenvalue weighted by Gasteiger charge is -2.12. The van der Waals surface area contributed by atoms with E-state index in [0.717, 1.165) is 18.0 Å². The van der Waals surface area contributed by atoms with Gasteiger partial charge >= 0.3 is 0 Å². The number of hydrogen-bond donors (Lipinski definition) is 3. The molecule has 6 nitrogen and oxygen atoms in total. The molecule has 9 heteroatoms. The summed E-state index contributed by atoms with van der Waals surface area (Å²) in [6.45, 7) is 1.59. The maximum Gasteiger partial charge on any atom is 0.258 e. The Balaban J connectivity index is 1.40. The Morgan fingerprint density at radius 3 is 2.47 bits per heavy atom. The predicted molar refractivity (Wildman–Crippen MR) is 115 cm³/mol. The summed E-state index contributed by atoms with van der Waals surface area (Å²) >= 11 is 12.7. The standard InChI is InChI=1S/C21H21Cl2FN4O2/c22-15-5-12(10-25-9-11-1-2-11)6-16(23)19(15)21(30)27-13-3-4-26-18(7-13)28-20(29)14-8-17(14)24/h3-7,11,14,17,25H,1-2,8-10H2,(H2,26,27,28,29,30)/t14-,17+/m1/s1. The van der Waals surface area contributed by atoms with Crippen LogP contribution in [0.4, 0.5) is 15.9 Å². The van der Waals surface area contributed by atoms with E-state index in [1.54, 1.807) is 18.2 Å². The highest BCUT2D eigenvalue weighted by Gasteiger charge is 2.43. The van der Waals surface area contributed by atoms with E-state index in [4.69, 9.17) is 23.2 Å². The van der Waals surface area contributed by atoms with E-state index >= 15 is 0 Å². The van der Waals surface area contributed by atoms with Crippen molar-refractivity contribution >= 4 is 46.5 Å². The third kappa shape index (κ3) is 5.28. The molecule has 3 N–H and O–H groups in total. The summed E-state index contributed by atoms with van der Waals surface area (Å²) in [5, 5.41) is 9.13. The number of pyridine rings is 1. The number of nitrogens with one attached hydrogen (secondary N) is 3. The van der Waals surface area contributed by atoms with Gasteiger partial charge in [-0.15, -0.1) is 0 Å². The van der Waals surface area contributed by atoms with Gasteiger partial charge in [0.2, 0.25) is 5.91 Å². The van der Waals surface area contributed by atoms with Crippen LogP contribution in [0.5, 0.6) is 0 Å². The van der Waals surface area contributed by atoms with Crippen LogP contribution in [0.3, 0.4) is 0 Å². The molecule has 0 aliphatic heterocycles. The van der Waals surface area contributed by atoms with Crippen molar-refractivity contribution in [3.05, 3.63) is 51.6 Å². The number of benzene rings is 1. The van der Waals surface area contributed by atoms with Gasteiger partial charge in [0.1, 0.15) is 12.0 Å². The quantitative estimate of drug-likeness (QED) is 0.555. The summed E-state index contributed by atoms with van der Waals surface area (Å²) in [6, 6.07) is 6.51. The van der Waals surface area contributed by atoms with E-state index in [0.29, 0.717) is 12.2 Å². The second kappa shape index (κ2) is 8.88. The van der Waals surface area contributed by atoms with E-state index < -0.39 is 23.9 Å². The minimum absolute atomic E-state index is 0.171. The van der Waals surface area contributed by atoms with Crippen LogP contribution in [-0.2, 0) is 11.3 Å². The number of carbonyl (C=O) groups is 2. The van der Waals surface area contributed by atoms with E-state index in [1.165, 1.54) is 25.1 Å². The molecule has 2 aromatic rings. The van der Waals surface area contributed by atoms with Crippen molar-refractivity contribution in [3.63, 3.8) is 0 Å². The van der Waals surface area contributed by atoms with E-state index in [9.17, 15) is 14.0 Å². The molecule has 0 spiro atoms. The van der Waals surface area contributed by atoms with Crippen molar-refractivity contribution in [3.8, 4) is 0 Å².